The monoisotopic (exact) mass is 545 g/mol. The molecule has 0 spiro atoms. The van der Waals surface area contributed by atoms with E-state index in [9.17, 15) is 26.4 Å². The molecule has 0 bridgehead atoms. The second-order valence-electron chi connectivity index (χ2n) is 9.49. The molecule has 2 heterocycles. The molecule has 0 saturated carbocycles. The molecule has 1 aliphatic rings. The van der Waals surface area contributed by atoms with Crippen molar-refractivity contribution in [1.29, 1.82) is 0 Å². The number of alkyl halides is 3. The van der Waals surface area contributed by atoms with Gasteiger partial charge in [0, 0.05) is 37.3 Å². The first kappa shape index (κ1) is 27.6. The van der Waals surface area contributed by atoms with E-state index in [1.165, 1.54) is 12.1 Å². The quantitative estimate of drug-likeness (QED) is 0.415. The average Bonchev–Trinajstić information content (AvgIpc) is 2.90. The van der Waals surface area contributed by atoms with E-state index in [0.29, 0.717) is 30.0 Å². The molecule has 1 aromatic heterocycles. The molecule has 1 atom stereocenters. The summed E-state index contributed by atoms with van der Waals surface area (Å²) in [4.78, 5) is 19.3. The summed E-state index contributed by atoms with van der Waals surface area (Å²) in [5, 5.41) is 2.87. The van der Waals surface area contributed by atoms with Gasteiger partial charge >= 0.3 is 6.18 Å². The van der Waals surface area contributed by atoms with Crippen LogP contribution in [0.3, 0.4) is 0 Å². The van der Waals surface area contributed by atoms with Gasteiger partial charge < -0.3 is 10.2 Å². The van der Waals surface area contributed by atoms with Crippen molar-refractivity contribution >= 4 is 21.6 Å². The second kappa shape index (κ2) is 10.8. The number of carbonyl (C=O) groups excluding carboxylic acids is 1. The molecule has 0 saturated heterocycles. The van der Waals surface area contributed by atoms with Crippen molar-refractivity contribution in [3.05, 3.63) is 88.1 Å². The normalized spacial score (nSPS) is 15.7. The first-order valence-corrected chi connectivity index (χ1v) is 14.1. The minimum Gasteiger partial charge on any atom is -0.351 e. The van der Waals surface area contributed by atoms with Gasteiger partial charge in [-0.2, -0.15) is 13.2 Å². The highest BCUT2D eigenvalue weighted by Crippen LogP contribution is 2.36. The van der Waals surface area contributed by atoms with E-state index in [0.717, 1.165) is 35.4 Å². The molecule has 6 nitrogen and oxygen atoms in total. The molecule has 2 aromatic carbocycles. The van der Waals surface area contributed by atoms with E-state index in [2.05, 4.69) is 17.2 Å². The predicted molar refractivity (Wildman–Crippen MR) is 140 cm³/mol. The number of anilines is 1. The van der Waals surface area contributed by atoms with E-state index < -0.39 is 21.6 Å². The first-order valence-electron chi connectivity index (χ1n) is 12.4. The number of hydrogen-bond donors (Lipinski definition) is 1. The number of pyridine rings is 1. The summed E-state index contributed by atoms with van der Waals surface area (Å²) in [5.41, 5.74) is 2.98. The van der Waals surface area contributed by atoms with Crippen LogP contribution in [0.4, 0.5) is 19.0 Å². The zero-order valence-electron chi connectivity index (χ0n) is 21.5. The van der Waals surface area contributed by atoms with Crippen LogP contribution >= 0.6 is 0 Å². The number of aryl methyl sites for hydroxylation is 1. The largest absolute Gasteiger partial charge is 0.417 e. The van der Waals surface area contributed by atoms with Crippen LogP contribution in [0, 0.1) is 6.92 Å². The van der Waals surface area contributed by atoms with Crippen LogP contribution in [0.2, 0.25) is 0 Å². The Kier molecular flexibility index (Phi) is 7.83. The maximum atomic E-state index is 13.1. The topological polar surface area (TPSA) is 79.4 Å². The van der Waals surface area contributed by atoms with Crippen molar-refractivity contribution in [1.82, 2.24) is 10.3 Å². The lowest BCUT2D eigenvalue weighted by molar-refractivity contribution is -0.137. The molecular formula is C28H30F3N3O3S. The number of fused-ring (bicyclic) bond motifs is 1. The van der Waals surface area contributed by atoms with Crippen LogP contribution < -0.4 is 10.2 Å². The lowest BCUT2D eigenvalue weighted by atomic mass is 9.86. The number of rotatable bonds is 7. The Balaban J connectivity index is 1.51. The third-order valence-corrected chi connectivity index (χ3v) is 8.68. The van der Waals surface area contributed by atoms with Crippen molar-refractivity contribution in [2.75, 3.05) is 17.2 Å². The summed E-state index contributed by atoms with van der Waals surface area (Å²) >= 11 is 0. The summed E-state index contributed by atoms with van der Waals surface area (Å²) in [6, 6.07) is 13.1. The molecule has 10 heteroatoms. The number of amides is 1. The zero-order chi connectivity index (χ0) is 27.7. The zero-order valence-corrected chi connectivity index (χ0v) is 22.3. The molecule has 38 heavy (non-hydrogen) atoms. The third-order valence-electron chi connectivity index (χ3n) is 6.93. The van der Waals surface area contributed by atoms with Gasteiger partial charge in [-0.3, -0.25) is 4.79 Å². The summed E-state index contributed by atoms with van der Waals surface area (Å²) in [5.74, 6) is 0.404. The summed E-state index contributed by atoms with van der Waals surface area (Å²) in [6.45, 7) is 6.56. The molecule has 3 aromatic rings. The number of nitrogens with one attached hydrogen (secondary N) is 1. The lowest BCUT2D eigenvalue weighted by Crippen LogP contribution is -2.35. The number of benzene rings is 2. The van der Waals surface area contributed by atoms with E-state index >= 15 is 0 Å². The number of sulfone groups is 1. The highest BCUT2D eigenvalue weighted by atomic mass is 32.2. The number of hydrogen-bond acceptors (Lipinski definition) is 5. The van der Waals surface area contributed by atoms with Crippen molar-refractivity contribution < 1.29 is 26.4 Å². The van der Waals surface area contributed by atoms with Crippen LogP contribution in [0.25, 0.3) is 0 Å². The van der Waals surface area contributed by atoms with Gasteiger partial charge in [-0.25, -0.2) is 13.4 Å². The van der Waals surface area contributed by atoms with Gasteiger partial charge in [0.1, 0.15) is 5.82 Å². The fourth-order valence-corrected chi connectivity index (χ4v) is 5.63. The van der Waals surface area contributed by atoms with Crippen LogP contribution in [-0.2, 0) is 29.1 Å². The van der Waals surface area contributed by atoms with E-state index in [1.807, 2.05) is 17.0 Å². The van der Waals surface area contributed by atoms with Crippen LogP contribution in [0.5, 0.6) is 0 Å². The Labute approximate surface area is 220 Å². The van der Waals surface area contributed by atoms with Crippen molar-refractivity contribution in [2.24, 2.45) is 0 Å². The maximum Gasteiger partial charge on any atom is 0.417 e. The van der Waals surface area contributed by atoms with Crippen molar-refractivity contribution in [2.45, 2.75) is 57.3 Å². The van der Waals surface area contributed by atoms with Gasteiger partial charge in [0.05, 0.1) is 16.2 Å². The predicted octanol–water partition coefficient (Wildman–Crippen LogP) is 5.65. The highest BCUT2D eigenvalue weighted by Gasteiger charge is 2.33. The molecular weight excluding hydrogens is 515 g/mol. The van der Waals surface area contributed by atoms with Gasteiger partial charge in [0.2, 0.25) is 0 Å². The van der Waals surface area contributed by atoms with Crippen LogP contribution in [-0.4, -0.2) is 31.6 Å². The van der Waals surface area contributed by atoms with Gasteiger partial charge in [0.15, 0.2) is 9.84 Å². The summed E-state index contributed by atoms with van der Waals surface area (Å²) in [7, 11) is -3.29. The van der Waals surface area contributed by atoms with Crippen molar-refractivity contribution in [3.63, 3.8) is 0 Å². The second-order valence-corrected chi connectivity index (χ2v) is 11.8. The minimum absolute atomic E-state index is 0.0201. The first-order chi connectivity index (χ1) is 17.9. The molecule has 0 unspecified atom stereocenters. The van der Waals surface area contributed by atoms with E-state index in [1.54, 1.807) is 32.0 Å². The fourth-order valence-electron chi connectivity index (χ4n) is 4.75. The van der Waals surface area contributed by atoms with Crippen LogP contribution in [0.15, 0.2) is 59.6 Å². The molecule has 202 valence electrons. The number of halogens is 3. The fraction of sp³-hybridized carbons (Fsp3) is 0.357. The summed E-state index contributed by atoms with van der Waals surface area (Å²) < 4.78 is 63.3. The van der Waals surface area contributed by atoms with Gasteiger partial charge in [-0.1, -0.05) is 32.0 Å². The highest BCUT2D eigenvalue weighted by molar-refractivity contribution is 7.91. The Morgan fingerprint density at radius 1 is 1.11 bits per heavy atom. The smallest absolute Gasteiger partial charge is 0.351 e. The maximum absolute atomic E-state index is 13.1. The van der Waals surface area contributed by atoms with Crippen LogP contribution in [0.1, 0.15) is 64.4 Å². The Hall–Kier alpha value is -3.40. The molecule has 1 amide bonds. The average molecular weight is 546 g/mol. The molecule has 1 N–H and O–H groups in total. The molecule has 4 rings (SSSR count). The van der Waals surface area contributed by atoms with Crippen molar-refractivity contribution in [3.8, 4) is 0 Å². The van der Waals surface area contributed by atoms with Gasteiger partial charge in [-0.05, 0) is 65.9 Å². The Bertz CT molecular complexity index is 1440. The molecule has 1 aliphatic heterocycles. The Morgan fingerprint density at radius 3 is 2.42 bits per heavy atom. The molecule has 0 radical (unpaired) electrons. The van der Waals surface area contributed by atoms with E-state index in [4.69, 9.17) is 0 Å². The SMILES string of the molecule is CC[C@@H]1CN(c2ncc(C(F)(F)F)cc2C)Cc2cc(C(=O)NCc3ccc(S(=O)(=O)CC)cc3)ccc21. The standard InChI is InChI=1S/C28H30F3N3O3S/c1-4-20-16-34(26-18(3)12-23(15-32-26)28(29,30)31)17-22-13-21(8-11-25(20)22)27(35)33-14-19-6-9-24(10-7-19)38(36,37)5-2/h6-13,15,20H,4-5,14,16-17H2,1-3H3,(H,33,35)/t20-/m1/s1. The Morgan fingerprint density at radius 2 is 1.82 bits per heavy atom. The lowest BCUT2D eigenvalue weighted by Gasteiger charge is -2.36. The number of nitrogens with zero attached hydrogens (tertiary/aromatic N) is 2. The minimum atomic E-state index is -4.45. The van der Waals surface area contributed by atoms with Gasteiger partial charge in [-0.15, -0.1) is 0 Å². The number of carbonyl (C=O) groups is 1. The number of aromatic nitrogens is 1. The molecule has 0 aliphatic carbocycles. The van der Waals surface area contributed by atoms with E-state index in [-0.39, 0.29) is 29.0 Å². The third kappa shape index (κ3) is 5.85. The molecule has 0 fully saturated rings. The van der Waals surface area contributed by atoms with Gasteiger partial charge in [0.25, 0.3) is 5.91 Å². The summed E-state index contributed by atoms with van der Waals surface area (Å²) in [6.07, 6.45) is -2.75.